The maximum Gasteiger partial charge on any atom is 0.325 e. The van der Waals surface area contributed by atoms with Crippen molar-refractivity contribution in [1.29, 1.82) is 0 Å². The molecule has 1 saturated heterocycles. The first-order chi connectivity index (χ1) is 7.39. The maximum atomic E-state index is 11.9. The van der Waals surface area contributed by atoms with Crippen LogP contribution in [-0.4, -0.2) is 49.9 Å². The Bertz CT molecular complexity index is 379. The van der Waals surface area contributed by atoms with E-state index in [2.05, 4.69) is 4.74 Å². The zero-order valence-electron chi connectivity index (χ0n) is 9.30. The Morgan fingerprint density at radius 1 is 1.38 bits per heavy atom. The Labute approximate surface area is 94.6 Å². The molecule has 0 aromatic rings. The van der Waals surface area contributed by atoms with E-state index in [1.165, 1.54) is 11.2 Å². The quantitative estimate of drug-likeness (QED) is 0.632. The zero-order chi connectivity index (χ0) is 12.3. The topological polar surface area (TPSA) is 80.8 Å². The number of esters is 1. The van der Waals surface area contributed by atoms with Crippen molar-refractivity contribution in [3.8, 4) is 0 Å². The summed E-state index contributed by atoms with van der Waals surface area (Å²) in [6, 6.07) is 0. The Morgan fingerprint density at radius 3 is 2.31 bits per heavy atom. The number of hydrogen-bond donors (Lipinski definition) is 0. The number of carbonyl (C=O) groups excluding carboxylic acids is 2. The molecule has 0 spiro atoms. The van der Waals surface area contributed by atoms with Crippen molar-refractivity contribution in [3.63, 3.8) is 0 Å². The predicted octanol–water partition coefficient (Wildman–Crippen LogP) is -0.457. The van der Waals surface area contributed by atoms with E-state index in [1.54, 1.807) is 0 Å². The standard InChI is InChI=1S/C9H15NO5S/c1-7(9(12)15-2)16(13,14)10-5-3-8(11)4-6-10/h7H,3-6H2,1-2H3. The molecule has 0 aromatic heterocycles. The summed E-state index contributed by atoms with van der Waals surface area (Å²) in [4.78, 5) is 22.2. The highest BCUT2D eigenvalue weighted by molar-refractivity contribution is 7.90. The molecule has 92 valence electrons. The lowest BCUT2D eigenvalue weighted by Gasteiger charge is -2.27. The maximum absolute atomic E-state index is 11.9. The van der Waals surface area contributed by atoms with Crippen LogP contribution in [0.15, 0.2) is 0 Å². The lowest BCUT2D eigenvalue weighted by atomic mass is 10.1. The van der Waals surface area contributed by atoms with E-state index in [0.29, 0.717) is 0 Å². The molecule has 1 unspecified atom stereocenters. The fourth-order valence-corrected chi connectivity index (χ4v) is 2.98. The predicted molar refractivity (Wildman–Crippen MR) is 56.2 cm³/mol. The molecule has 0 saturated carbocycles. The molecule has 6 nitrogen and oxygen atoms in total. The van der Waals surface area contributed by atoms with E-state index < -0.39 is 21.2 Å². The normalized spacial score (nSPS) is 20.5. The Kier molecular flexibility index (Phi) is 4.03. The van der Waals surface area contributed by atoms with Crippen LogP contribution >= 0.6 is 0 Å². The number of carbonyl (C=O) groups is 2. The van der Waals surface area contributed by atoms with Gasteiger partial charge in [0.15, 0.2) is 5.25 Å². The van der Waals surface area contributed by atoms with Gasteiger partial charge < -0.3 is 4.74 Å². The molecule has 16 heavy (non-hydrogen) atoms. The SMILES string of the molecule is COC(=O)C(C)S(=O)(=O)N1CCC(=O)CC1. The number of ketones is 1. The summed E-state index contributed by atoms with van der Waals surface area (Å²) < 4.78 is 29.4. The van der Waals surface area contributed by atoms with Crippen LogP contribution in [0, 0.1) is 0 Å². The molecule has 0 aliphatic carbocycles. The minimum absolute atomic E-state index is 0.0529. The van der Waals surface area contributed by atoms with Crippen LogP contribution in [0.4, 0.5) is 0 Å². The summed E-state index contributed by atoms with van der Waals surface area (Å²) >= 11 is 0. The Hall–Kier alpha value is -0.950. The van der Waals surface area contributed by atoms with Crippen LogP contribution < -0.4 is 0 Å². The number of hydrogen-bond acceptors (Lipinski definition) is 5. The van der Waals surface area contributed by atoms with Crippen LogP contribution in [0.1, 0.15) is 19.8 Å². The van der Waals surface area contributed by atoms with Crippen molar-refractivity contribution in [1.82, 2.24) is 4.31 Å². The molecule has 0 aromatic carbocycles. The minimum atomic E-state index is -3.69. The second-order valence-electron chi connectivity index (χ2n) is 3.65. The van der Waals surface area contributed by atoms with Crippen molar-refractivity contribution in [3.05, 3.63) is 0 Å². The van der Waals surface area contributed by atoms with Crippen molar-refractivity contribution in [2.24, 2.45) is 0 Å². The number of piperidine rings is 1. The number of methoxy groups -OCH3 is 1. The van der Waals surface area contributed by atoms with Gasteiger partial charge in [-0.15, -0.1) is 0 Å². The number of nitrogens with zero attached hydrogens (tertiary/aromatic N) is 1. The molecule has 0 radical (unpaired) electrons. The third kappa shape index (κ3) is 2.59. The van der Waals surface area contributed by atoms with E-state index in [-0.39, 0.29) is 31.7 Å². The smallest absolute Gasteiger partial charge is 0.325 e. The van der Waals surface area contributed by atoms with Crippen molar-refractivity contribution < 1.29 is 22.7 Å². The van der Waals surface area contributed by atoms with Crippen LogP contribution in [0.5, 0.6) is 0 Å². The summed E-state index contributed by atoms with van der Waals surface area (Å²) in [6.45, 7) is 1.60. The lowest BCUT2D eigenvalue weighted by molar-refractivity contribution is -0.139. The van der Waals surface area contributed by atoms with Gasteiger partial charge in [0.05, 0.1) is 7.11 Å². The van der Waals surface area contributed by atoms with Crippen LogP contribution in [0.25, 0.3) is 0 Å². The van der Waals surface area contributed by atoms with Gasteiger partial charge >= 0.3 is 5.97 Å². The van der Waals surface area contributed by atoms with E-state index in [9.17, 15) is 18.0 Å². The molecule has 0 N–H and O–H groups in total. The van der Waals surface area contributed by atoms with E-state index in [1.807, 2.05) is 0 Å². The number of Topliss-reactive ketones (excluding diaryl/α,β-unsaturated/α-hetero) is 1. The molecular formula is C9H15NO5S. The third-order valence-electron chi connectivity index (χ3n) is 2.62. The van der Waals surface area contributed by atoms with E-state index in [4.69, 9.17) is 0 Å². The number of rotatable bonds is 3. The highest BCUT2D eigenvalue weighted by Gasteiger charge is 2.36. The summed E-state index contributed by atoms with van der Waals surface area (Å²) in [6.07, 6.45) is 0.431. The Morgan fingerprint density at radius 2 is 1.88 bits per heavy atom. The zero-order valence-corrected chi connectivity index (χ0v) is 10.1. The fourth-order valence-electron chi connectivity index (χ4n) is 1.50. The number of ether oxygens (including phenoxy) is 1. The second kappa shape index (κ2) is 4.92. The summed E-state index contributed by atoms with van der Waals surface area (Å²) in [7, 11) is -2.54. The molecule has 7 heteroatoms. The Balaban J connectivity index is 2.78. The monoisotopic (exact) mass is 249 g/mol. The van der Waals surface area contributed by atoms with Crippen LogP contribution in [0.2, 0.25) is 0 Å². The third-order valence-corrected chi connectivity index (χ3v) is 4.79. The first-order valence-electron chi connectivity index (χ1n) is 4.98. The second-order valence-corrected chi connectivity index (χ2v) is 5.90. The number of sulfonamides is 1. The van der Waals surface area contributed by atoms with E-state index >= 15 is 0 Å². The molecule has 1 fully saturated rings. The fraction of sp³-hybridized carbons (Fsp3) is 0.778. The summed E-state index contributed by atoms with van der Waals surface area (Å²) in [5.74, 6) is -0.728. The lowest BCUT2D eigenvalue weighted by Crippen LogP contribution is -2.45. The first kappa shape index (κ1) is 13.1. The van der Waals surface area contributed by atoms with Crippen LogP contribution in [0.3, 0.4) is 0 Å². The largest absolute Gasteiger partial charge is 0.468 e. The average Bonchev–Trinajstić information content (AvgIpc) is 2.27. The van der Waals surface area contributed by atoms with Crippen molar-refractivity contribution in [2.75, 3.05) is 20.2 Å². The van der Waals surface area contributed by atoms with Gasteiger partial charge in [0, 0.05) is 25.9 Å². The van der Waals surface area contributed by atoms with Gasteiger partial charge in [-0.1, -0.05) is 0 Å². The average molecular weight is 249 g/mol. The molecule has 1 heterocycles. The molecule has 0 bridgehead atoms. The van der Waals surface area contributed by atoms with Gasteiger partial charge in [-0.3, -0.25) is 9.59 Å². The van der Waals surface area contributed by atoms with Crippen LogP contribution in [-0.2, 0) is 24.3 Å². The molecule has 1 atom stereocenters. The van der Waals surface area contributed by atoms with Gasteiger partial charge in [0.1, 0.15) is 5.78 Å². The van der Waals surface area contributed by atoms with Gasteiger partial charge in [0.25, 0.3) is 0 Å². The molecule has 1 aliphatic rings. The molecule has 1 rings (SSSR count). The van der Waals surface area contributed by atoms with Gasteiger partial charge in [0.2, 0.25) is 10.0 Å². The van der Waals surface area contributed by atoms with E-state index in [0.717, 1.165) is 7.11 Å². The van der Waals surface area contributed by atoms with Gasteiger partial charge in [-0.2, -0.15) is 0 Å². The highest BCUT2D eigenvalue weighted by Crippen LogP contribution is 2.15. The molecule has 0 amide bonds. The summed E-state index contributed by atoms with van der Waals surface area (Å²) in [5.41, 5.74) is 0. The summed E-state index contributed by atoms with van der Waals surface area (Å²) in [5, 5.41) is -1.22. The minimum Gasteiger partial charge on any atom is -0.468 e. The highest BCUT2D eigenvalue weighted by atomic mass is 32.2. The molecule has 1 aliphatic heterocycles. The van der Waals surface area contributed by atoms with Gasteiger partial charge in [-0.25, -0.2) is 12.7 Å². The molecular weight excluding hydrogens is 234 g/mol. The van der Waals surface area contributed by atoms with Crippen molar-refractivity contribution in [2.45, 2.75) is 25.0 Å². The van der Waals surface area contributed by atoms with Gasteiger partial charge in [-0.05, 0) is 6.92 Å². The van der Waals surface area contributed by atoms with Crippen molar-refractivity contribution >= 4 is 21.8 Å². The first-order valence-corrected chi connectivity index (χ1v) is 6.48.